The molecule has 0 saturated heterocycles. The van der Waals surface area contributed by atoms with Crippen LogP contribution in [0.25, 0.3) is 0 Å². The highest BCUT2D eigenvalue weighted by atomic mass is 19.1. The molecular formula is C19H19FN2O2. The van der Waals surface area contributed by atoms with Crippen molar-refractivity contribution in [1.82, 2.24) is 5.16 Å². The first-order chi connectivity index (χ1) is 11.4. The van der Waals surface area contributed by atoms with Crippen molar-refractivity contribution < 1.29 is 13.7 Å². The van der Waals surface area contributed by atoms with E-state index in [-0.39, 0.29) is 22.9 Å². The minimum absolute atomic E-state index is 0.0944. The Labute approximate surface area is 139 Å². The zero-order chi connectivity index (χ0) is 17.1. The Hall–Kier alpha value is -2.43. The number of carbonyl (C=O) groups excluding carboxylic acids is 1. The zero-order valence-electron chi connectivity index (χ0n) is 13.9. The predicted molar refractivity (Wildman–Crippen MR) is 88.2 cm³/mol. The van der Waals surface area contributed by atoms with Crippen molar-refractivity contribution in [3.05, 3.63) is 58.2 Å². The third-order valence-corrected chi connectivity index (χ3v) is 4.87. The Morgan fingerprint density at radius 1 is 1.25 bits per heavy atom. The third-order valence-electron chi connectivity index (χ3n) is 4.87. The van der Waals surface area contributed by atoms with Crippen molar-refractivity contribution in [3.63, 3.8) is 0 Å². The summed E-state index contributed by atoms with van der Waals surface area (Å²) in [7, 11) is 0. The number of anilines is 1. The second-order valence-corrected chi connectivity index (χ2v) is 7.45. The maximum atomic E-state index is 13.4. The summed E-state index contributed by atoms with van der Waals surface area (Å²) >= 11 is 0. The molecule has 4 nitrogen and oxygen atoms in total. The van der Waals surface area contributed by atoms with Gasteiger partial charge in [0.05, 0.1) is 11.3 Å². The Kier molecular flexibility index (Phi) is 3.17. The molecule has 0 fully saturated rings. The van der Waals surface area contributed by atoms with E-state index >= 15 is 0 Å². The van der Waals surface area contributed by atoms with Crippen LogP contribution < -0.4 is 5.32 Å². The number of ketones is 1. The number of nitrogens with zero attached hydrogens (tertiary/aromatic N) is 1. The molecule has 0 saturated carbocycles. The number of rotatable bonds is 1. The van der Waals surface area contributed by atoms with Gasteiger partial charge < -0.3 is 9.84 Å². The van der Waals surface area contributed by atoms with Crippen LogP contribution in [0.3, 0.4) is 0 Å². The summed E-state index contributed by atoms with van der Waals surface area (Å²) in [5.41, 5.74) is 4.06. The van der Waals surface area contributed by atoms with Crippen LogP contribution in [0.5, 0.6) is 0 Å². The van der Waals surface area contributed by atoms with Crippen LogP contribution >= 0.6 is 0 Å². The number of fused-ring (bicyclic) bond motifs is 1. The van der Waals surface area contributed by atoms with Crippen LogP contribution in [0.2, 0.25) is 0 Å². The Balaban J connectivity index is 1.93. The van der Waals surface area contributed by atoms with Crippen LogP contribution in [0.15, 0.2) is 40.1 Å². The van der Waals surface area contributed by atoms with Crippen molar-refractivity contribution in [3.8, 4) is 0 Å². The van der Waals surface area contributed by atoms with E-state index in [1.165, 1.54) is 12.1 Å². The number of benzene rings is 1. The van der Waals surface area contributed by atoms with Crippen molar-refractivity contribution >= 4 is 11.7 Å². The van der Waals surface area contributed by atoms with E-state index in [4.69, 9.17) is 4.52 Å². The van der Waals surface area contributed by atoms with Gasteiger partial charge in [-0.05, 0) is 36.5 Å². The SMILES string of the molecule is Cc1noc2c1[C@H](c1ccc(F)cc1)C1=C(CC(C)(C)CC1=O)N2. The number of halogens is 1. The molecule has 24 heavy (non-hydrogen) atoms. The first-order valence-corrected chi connectivity index (χ1v) is 8.11. The topological polar surface area (TPSA) is 55.1 Å². The lowest BCUT2D eigenvalue weighted by Gasteiger charge is -2.37. The molecule has 2 heterocycles. The summed E-state index contributed by atoms with van der Waals surface area (Å²) in [6.07, 6.45) is 1.27. The number of carbonyl (C=O) groups is 1. The maximum absolute atomic E-state index is 13.4. The summed E-state index contributed by atoms with van der Waals surface area (Å²) in [6.45, 7) is 6.04. The third kappa shape index (κ3) is 2.27. The molecule has 0 radical (unpaired) electrons. The van der Waals surface area contributed by atoms with Crippen LogP contribution in [0, 0.1) is 18.2 Å². The van der Waals surface area contributed by atoms with E-state index in [0.717, 1.165) is 34.5 Å². The molecule has 124 valence electrons. The molecule has 4 rings (SSSR count). The molecule has 5 heteroatoms. The number of hydrogen-bond donors (Lipinski definition) is 1. The number of nitrogens with one attached hydrogen (secondary N) is 1. The van der Waals surface area contributed by atoms with Crippen molar-refractivity contribution in [2.75, 3.05) is 5.32 Å². The average Bonchev–Trinajstić information content (AvgIpc) is 2.86. The lowest BCUT2D eigenvalue weighted by atomic mass is 9.69. The summed E-state index contributed by atoms with van der Waals surface area (Å²) in [6, 6.07) is 6.33. The minimum atomic E-state index is -0.291. The molecule has 0 amide bonds. The smallest absolute Gasteiger partial charge is 0.233 e. The maximum Gasteiger partial charge on any atom is 0.233 e. The standard InChI is InChI=1S/C19H19FN2O2/c1-10-15-16(11-4-6-12(20)7-5-11)17-13(21-18(15)24-22-10)8-19(2,3)9-14(17)23/h4-7,16,21H,8-9H2,1-3H3/t16-/m0/s1. The molecule has 1 aromatic carbocycles. The van der Waals surface area contributed by atoms with Crippen molar-refractivity contribution in [2.45, 2.75) is 39.5 Å². The lowest BCUT2D eigenvalue weighted by molar-refractivity contribution is -0.118. The number of allylic oxidation sites excluding steroid dienone is 2. The summed E-state index contributed by atoms with van der Waals surface area (Å²) in [5, 5.41) is 7.33. The largest absolute Gasteiger partial charge is 0.338 e. The first kappa shape index (κ1) is 15.1. The lowest BCUT2D eigenvalue weighted by Crippen LogP contribution is -2.33. The Bertz CT molecular complexity index is 862. The molecule has 1 aliphatic carbocycles. The van der Waals surface area contributed by atoms with Gasteiger partial charge in [0.15, 0.2) is 5.78 Å². The van der Waals surface area contributed by atoms with Gasteiger partial charge in [-0.25, -0.2) is 4.39 Å². The molecule has 2 aliphatic rings. The predicted octanol–water partition coefficient (Wildman–Crippen LogP) is 4.32. The Morgan fingerprint density at radius 3 is 2.67 bits per heavy atom. The van der Waals surface area contributed by atoms with Gasteiger partial charge in [-0.3, -0.25) is 4.79 Å². The second kappa shape index (κ2) is 5.03. The highest BCUT2D eigenvalue weighted by Crippen LogP contribution is 2.49. The van der Waals surface area contributed by atoms with Gasteiger partial charge in [0.1, 0.15) is 5.82 Å². The average molecular weight is 326 g/mol. The number of aromatic nitrogens is 1. The number of aryl methyl sites for hydroxylation is 1. The number of Topliss-reactive ketones (excluding diaryl/α,β-unsaturated/α-hetero) is 1. The van der Waals surface area contributed by atoms with Gasteiger partial charge >= 0.3 is 0 Å². The molecule has 0 spiro atoms. The zero-order valence-corrected chi connectivity index (χ0v) is 13.9. The molecule has 1 N–H and O–H groups in total. The Morgan fingerprint density at radius 2 is 1.96 bits per heavy atom. The molecule has 2 aromatic rings. The van der Waals surface area contributed by atoms with E-state index in [1.807, 2.05) is 6.92 Å². The number of hydrogen-bond acceptors (Lipinski definition) is 4. The highest BCUT2D eigenvalue weighted by molar-refractivity contribution is 6.01. The minimum Gasteiger partial charge on any atom is -0.338 e. The van der Waals surface area contributed by atoms with E-state index in [0.29, 0.717) is 12.3 Å². The molecular weight excluding hydrogens is 307 g/mol. The summed E-state index contributed by atoms with van der Waals surface area (Å²) in [5.74, 6) is 0.173. The van der Waals surface area contributed by atoms with Crippen molar-refractivity contribution in [2.24, 2.45) is 5.41 Å². The first-order valence-electron chi connectivity index (χ1n) is 8.11. The van der Waals surface area contributed by atoms with Crippen LogP contribution in [0.4, 0.5) is 10.3 Å². The van der Waals surface area contributed by atoms with Gasteiger partial charge in [0.2, 0.25) is 5.88 Å². The van der Waals surface area contributed by atoms with Gasteiger partial charge in [-0.15, -0.1) is 0 Å². The van der Waals surface area contributed by atoms with Crippen LogP contribution in [0.1, 0.15) is 49.4 Å². The highest BCUT2D eigenvalue weighted by Gasteiger charge is 2.42. The fourth-order valence-electron chi connectivity index (χ4n) is 3.86. The van der Waals surface area contributed by atoms with Gasteiger partial charge in [0.25, 0.3) is 0 Å². The summed E-state index contributed by atoms with van der Waals surface area (Å²) < 4.78 is 18.8. The van der Waals surface area contributed by atoms with E-state index in [9.17, 15) is 9.18 Å². The van der Waals surface area contributed by atoms with E-state index < -0.39 is 0 Å². The summed E-state index contributed by atoms with van der Waals surface area (Å²) in [4.78, 5) is 12.9. The second-order valence-electron chi connectivity index (χ2n) is 7.45. The molecule has 1 aromatic heterocycles. The molecule has 0 unspecified atom stereocenters. The van der Waals surface area contributed by atoms with Gasteiger partial charge in [-0.1, -0.05) is 31.1 Å². The fourth-order valence-corrected chi connectivity index (χ4v) is 3.86. The van der Waals surface area contributed by atoms with E-state index in [1.54, 1.807) is 12.1 Å². The molecule has 0 bridgehead atoms. The molecule has 1 atom stereocenters. The van der Waals surface area contributed by atoms with Crippen LogP contribution in [-0.2, 0) is 4.79 Å². The van der Waals surface area contributed by atoms with Gasteiger partial charge in [0, 0.05) is 23.6 Å². The quantitative estimate of drug-likeness (QED) is 0.848. The van der Waals surface area contributed by atoms with E-state index in [2.05, 4.69) is 24.3 Å². The fraction of sp³-hybridized carbons (Fsp3) is 0.368. The van der Waals surface area contributed by atoms with Gasteiger partial charge in [-0.2, -0.15) is 0 Å². The molecule has 1 aliphatic heterocycles. The normalized spacial score (nSPS) is 22.0. The van der Waals surface area contributed by atoms with Crippen LogP contribution in [-0.4, -0.2) is 10.9 Å². The van der Waals surface area contributed by atoms with Crippen molar-refractivity contribution in [1.29, 1.82) is 0 Å². The monoisotopic (exact) mass is 326 g/mol.